The number of nitrogens with two attached hydrogens (primary N) is 1. The van der Waals surface area contributed by atoms with Gasteiger partial charge >= 0.3 is 5.97 Å². The van der Waals surface area contributed by atoms with E-state index < -0.39 is 14.3 Å². The normalized spacial score (nSPS) is 14.9. The lowest BCUT2D eigenvalue weighted by Crippen LogP contribution is -2.51. The third kappa shape index (κ3) is 3.66. The molecule has 2 N–H and O–H groups in total. The Labute approximate surface area is 171 Å². The number of benzene rings is 1. The van der Waals surface area contributed by atoms with Crippen LogP contribution in [0.2, 0.25) is 16.6 Å². The molecule has 0 spiro atoms. The minimum absolute atomic E-state index is 0.108. The third-order valence-corrected chi connectivity index (χ3v) is 13.3. The van der Waals surface area contributed by atoms with Crippen molar-refractivity contribution in [2.24, 2.45) is 5.73 Å². The smallest absolute Gasteiger partial charge is 0.323 e. The summed E-state index contributed by atoms with van der Waals surface area (Å²) in [6.45, 7) is 18.4. The number of fused-ring (bicyclic) bond motifs is 1. The van der Waals surface area contributed by atoms with Crippen LogP contribution in [-0.2, 0) is 9.53 Å². The molecule has 1 aromatic heterocycles. The number of hydrogen-bond donors (Lipinski definition) is 1. The van der Waals surface area contributed by atoms with Gasteiger partial charge in [-0.25, -0.2) is 0 Å². The topological polar surface area (TPSA) is 57.2 Å². The van der Waals surface area contributed by atoms with E-state index in [4.69, 9.17) is 10.5 Å². The molecule has 0 saturated heterocycles. The molecule has 2 atom stereocenters. The number of carbonyl (C=O) groups excluding carboxylic acids is 1. The van der Waals surface area contributed by atoms with E-state index in [1.54, 1.807) is 0 Å². The number of nitrogens with zero attached hydrogens (tertiary/aromatic N) is 1. The molecule has 0 amide bonds. The SMILES string of the molecule is CCOC(=O)[C@@H](N)[C@H](C)c1cn([Si](C(C)C)(C(C)C)C(C)C)c2ccccc12. The molecule has 0 saturated carbocycles. The first-order chi connectivity index (χ1) is 13.1. The minimum atomic E-state index is -1.91. The Hall–Kier alpha value is -1.59. The fourth-order valence-corrected chi connectivity index (χ4v) is 12.0. The summed E-state index contributed by atoms with van der Waals surface area (Å²) in [6.07, 6.45) is 2.31. The first kappa shape index (κ1) is 22.7. The summed E-state index contributed by atoms with van der Waals surface area (Å²) in [7, 11) is -1.91. The van der Waals surface area contributed by atoms with Crippen LogP contribution in [0.5, 0.6) is 0 Å². The molecular weight excluding hydrogens is 364 g/mol. The van der Waals surface area contributed by atoms with Crippen molar-refractivity contribution in [1.29, 1.82) is 0 Å². The molecule has 0 aliphatic rings. The Morgan fingerprint density at radius 3 is 2.07 bits per heavy atom. The van der Waals surface area contributed by atoms with Crippen LogP contribution in [0.25, 0.3) is 10.9 Å². The number of ether oxygens (including phenoxy) is 1. The predicted octanol–water partition coefficient (Wildman–Crippen LogP) is 5.66. The van der Waals surface area contributed by atoms with E-state index in [0.29, 0.717) is 23.2 Å². The van der Waals surface area contributed by atoms with E-state index in [-0.39, 0.29) is 11.9 Å². The van der Waals surface area contributed by atoms with Crippen LogP contribution >= 0.6 is 0 Å². The molecule has 0 radical (unpaired) electrons. The maximum Gasteiger partial charge on any atom is 0.323 e. The second kappa shape index (κ2) is 8.83. The zero-order valence-electron chi connectivity index (χ0n) is 18.8. The highest BCUT2D eigenvalue weighted by atomic mass is 28.3. The Morgan fingerprint density at radius 1 is 1.04 bits per heavy atom. The van der Waals surface area contributed by atoms with Crippen LogP contribution in [-0.4, -0.2) is 31.1 Å². The van der Waals surface area contributed by atoms with E-state index in [1.807, 2.05) is 13.8 Å². The van der Waals surface area contributed by atoms with Crippen molar-refractivity contribution >= 4 is 25.1 Å². The minimum Gasteiger partial charge on any atom is -0.465 e. The van der Waals surface area contributed by atoms with Crippen LogP contribution in [0.3, 0.4) is 0 Å². The van der Waals surface area contributed by atoms with Gasteiger partial charge in [0.25, 0.3) is 0 Å². The third-order valence-electron chi connectivity index (χ3n) is 6.52. The van der Waals surface area contributed by atoms with E-state index in [2.05, 4.69) is 76.2 Å². The lowest BCUT2D eigenvalue weighted by molar-refractivity contribution is -0.145. The van der Waals surface area contributed by atoms with Gasteiger partial charge in [-0.3, -0.25) is 4.79 Å². The Kier molecular flexibility index (Phi) is 7.15. The van der Waals surface area contributed by atoms with Crippen molar-refractivity contribution in [3.63, 3.8) is 0 Å². The molecule has 0 aliphatic carbocycles. The van der Waals surface area contributed by atoms with Crippen LogP contribution in [0.1, 0.15) is 66.9 Å². The molecule has 0 unspecified atom stereocenters. The number of para-hydroxylation sites is 1. The predicted molar refractivity (Wildman–Crippen MR) is 121 cm³/mol. The van der Waals surface area contributed by atoms with Gasteiger partial charge in [0.15, 0.2) is 8.24 Å². The average molecular weight is 403 g/mol. The summed E-state index contributed by atoms with van der Waals surface area (Å²) < 4.78 is 7.79. The first-order valence-electron chi connectivity index (χ1n) is 10.6. The fraction of sp³-hybridized carbons (Fsp3) is 0.609. The van der Waals surface area contributed by atoms with Crippen LogP contribution in [0, 0.1) is 0 Å². The van der Waals surface area contributed by atoms with Crippen molar-refractivity contribution in [2.45, 2.75) is 84.0 Å². The Balaban J connectivity index is 2.72. The fourth-order valence-electron chi connectivity index (χ4n) is 5.36. The molecule has 5 heteroatoms. The van der Waals surface area contributed by atoms with Gasteiger partial charge in [0.2, 0.25) is 0 Å². The molecule has 4 nitrogen and oxygen atoms in total. The van der Waals surface area contributed by atoms with Gasteiger partial charge in [-0.2, -0.15) is 0 Å². The summed E-state index contributed by atoms with van der Waals surface area (Å²) in [4.78, 5) is 12.3. The van der Waals surface area contributed by atoms with Crippen LogP contribution in [0.4, 0.5) is 0 Å². The first-order valence-corrected chi connectivity index (χ1v) is 12.8. The second-order valence-electron chi connectivity index (χ2n) is 8.89. The maximum atomic E-state index is 12.3. The van der Waals surface area contributed by atoms with Crippen LogP contribution < -0.4 is 5.73 Å². The zero-order chi connectivity index (χ0) is 21.2. The van der Waals surface area contributed by atoms with Crippen molar-refractivity contribution < 1.29 is 9.53 Å². The molecule has 0 bridgehead atoms. The van der Waals surface area contributed by atoms with Crippen LogP contribution in [0.15, 0.2) is 30.5 Å². The summed E-state index contributed by atoms with van der Waals surface area (Å²) in [5.74, 6) is -0.435. The zero-order valence-corrected chi connectivity index (χ0v) is 19.8. The van der Waals surface area contributed by atoms with E-state index in [1.165, 1.54) is 10.9 Å². The average Bonchev–Trinajstić information content (AvgIpc) is 3.00. The van der Waals surface area contributed by atoms with Gasteiger partial charge < -0.3 is 14.7 Å². The standard InChI is InChI=1S/C23H38N2O2Si/c1-9-27-23(26)22(24)18(8)20-14-25(21-13-11-10-12-19(20)21)28(15(2)3,16(4)5)17(6)7/h10-18,22H,9,24H2,1-8H3/t18-,22+/m1/s1. The lowest BCUT2D eigenvalue weighted by Gasteiger charge is -2.44. The molecule has 0 fully saturated rings. The highest BCUT2D eigenvalue weighted by Crippen LogP contribution is 2.45. The van der Waals surface area contributed by atoms with Crippen molar-refractivity contribution in [1.82, 2.24) is 4.23 Å². The van der Waals surface area contributed by atoms with Gasteiger partial charge in [0.05, 0.1) is 6.61 Å². The van der Waals surface area contributed by atoms with Crippen molar-refractivity contribution in [2.75, 3.05) is 6.61 Å². The quantitative estimate of drug-likeness (QED) is 0.458. The molecular formula is C23H38N2O2Si. The molecule has 1 heterocycles. The number of aromatic nitrogens is 1. The van der Waals surface area contributed by atoms with E-state index in [9.17, 15) is 4.79 Å². The molecule has 0 aliphatic heterocycles. The molecule has 2 rings (SSSR count). The van der Waals surface area contributed by atoms with Crippen molar-refractivity contribution in [3.05, 3.63) is 36.0 Å². The Bertz CT molecular complexity index is 788. The molecule has 1 aromatic carbocycles. The van der Waals surface area contributed by atoms with Gasteiger partial charge in [-0.1, -0.05) is 66.7 Å². The number of hydrogen-bond acceptors (Lipinski definition) is 3. The largest absolute Gasteiger partial charge is 0.465 e. The number of rotatable bonds is 8. The monoisotopic (exact) mass is 402 g/mol. The number of carbonyl (C=O) groups is 1. The molecule has 156 valence electrons. The highest BCUT2D eigenvalue weighted by molar-refractivity contribution is 6.82. The number of esters is 1. The highest BCUT2D eigenvalue weighted by Gasteiger charge is 2.46. The summed E-state index contributed by atoms with van der Waals surface area (Å²) in [6, 6.07) is 7.90. The second-order valence-corrected chi connectivity index (χ2v) is 14.6. The Morgan fingerprint density at radius 2 is 1.57 bits per heavy atom. The van der Waals surface area contributed by atoms with E-state index >= 15 is 0 Å². The summed E-state index contributed by atoms with van der Waals surface area (Å²) in [5.41, 5.74) is 10.5. The summed E-state index contributed by atoms with van der Waals surface area (Å²) >= 11 is 0. The van der Waals surface area contributed by atoms with Gasteiger partial charge in [0, 0.05) is 16.8 Å². The lowest BCUT2D eigenvalue weighted by atomic mass is 9.93. The maximum absolute atomic E-state index is 12.3. The van der Waals surface area contributed by atoms with Crippen molar-refractivity contribution in [3.8, 4) is 0 Å². The van der Waals surface area contributed by atoms with E-state index in [0.717, 1.165) is 5.56 Å². The molecule has 2 aromatic rings. The summed E-state index contributed by atoms with van der Waals surface area (Å²) in [5, 5.41) is 1.20. The molecule has 28 heavy (non-hydrogen) atoms. The van der Waals surface area contributed by atoms with Gasteiger partial charge in [0.1, 0.15) is 6.04 Å². The van der Waals surface area contributed by atoms with Gasteiger partial charge in [-0.15, -0.1) is 0 Å². The van der Waals surface area contributed by atoms with Gasteiger partial charge in [-0.05, 0) is 41.4 Å².